The molecule has 0 amide bonds. The highest BCUT2D eigenvalue weighted by molar-refractivity contribution is 5.94. The number of ether oxygens (including phenoxy) is 2. The number of nitrogens with zero attached hydrogens (tertiary/aromatic N) is 5. The van der Waals surface area contributed by atoms with E-state index in [1.807, 2.05) is 44.7 Å². The highest BCUT2D eigenvalue weighted by Crippen LogP contribution is 2.37. The van der Waals surface area contributed by atoms with Gasteiger partial charge in [0, 0.05) is 48.6 Å². The van der Waals surface area contributed by atoms with Crippen molar-refractivity contribution in [2.45, 2.75) is 51.7 Å². The van der Waals surface area contributed by atoms with Crippen LogP contribution in [0.1, 0.15) is 54.6 Å². The Morgan fingerprint density at radius 2 is 2.00 bits per heavy atom. The van der Waals surface area contributed by atoms with Crippen LogP contribution in [0, 0.1) is 6.92 Å². The molecule has 0 aliphatic heterocycles. The summed E-state index contributed by atoms with van der Waals surface area (Å²) in [6, 6.07) is 7.88. The molecule has 1 aromatic carbocycles. The molecule has 3 heterocycles. The van der Waals surface area contributed by atoms with Crippen LogP contribution in [0.2, 0.25) is 0 Å². The summed E-state index contributed by atoms with van der Waals surface area (Å²) < 4.78 is 15.2. The molecule has 1 aliphatic rings. The Kier molecular flexibility index (Phi) is 6.63. The Morgan fingerprint density at radius 3 is 2.69 bits per heavy atom. The number of nitrogens with one attached hydrogen (secondary N) is 1. The molecule has 36 heavy (non-hydrogen) atoms. The van der Waals surface area contributed by atoms with E-state index in [0.717, 1.165) is 71.5 Å². The van der Waals surface area contributed by atoms with Crippen molar-refractivity contribution in [3.05, 3.63) is 54.0 Å². The van der Waals surface area contributed by atoms with Gasteiger partial charge in [-0.05, 0) is 51.7 Å². The van der Waals surface area contributed by atoms with Crippen LogP contribution in [0.15, 0.2) is 42.9 Å². The second-order valence-electron chi connectivity index (χ2n) is 9.28. The van der Waals surface area contributed by atoms with Gasteiger partial charge in [-0.3, -0.25) is 9.36 Å². The van der Waals surface area contributed by atoms with Crippen LogP contribution in [0.3, 0.4) is 0 Å². The Bertz CT molecular complexity index is 1380. The molecule has 188 valence electrons. The van der Waals surface area contributed by atoms with Crippen molar-refractivity contribution < 1.29 is 14.3 Å². The van der Waals surface area contributed by atoms with Crippen molar-refractivity contribution in [2.24, 2.45) is 7.05 Å². The second kappa shape index (κ2) is 10.0. The van der Waals surface area contributed by atoms with E-state index in [1.165, 1.54) is 7.11 Å². The van der Waals surface area contributed by atoms with Crippen molar-refractivity contribution in [2.75, 3.05) is 19.0 Å². The third-order valence-corrected chi connectivity index (χ3v) is 6.90. The number of aryl methyl sites for hydroxylation is 1. The summed E-state index contributed by atoms with van der Waals surface area (Å²) in [4.78, 5) is 16.7. The number of hydrogen-bond acceptors (Lipinski definition) is 7. The first-order valence-corrected chi connectivity index (χ1v) is 12.4. The maximum Gasteiger partial charge on any atom is 0.338 e. The van der Waals surface area contributed by atoms with E-state index in [0.29, 0.717) is 5.56 Å². The molecule has 0 unspecified atom stereocenters. The summed E-state index contributed by atoms with van der Waals surface area (Å²) >= 11 is 0. The fraction of sp³-hybridized carbons (Fsp3) is 0.407. The zero-order chi connectivity index (χ0) is 25.2. The lowest BCUT2D eigenvalue weighted by atomic mass is 9.92. The number of esters is 1. The summed E-state index contributed by atoms with van der Waals surface area (Å²) in [7, 11) is 3.31. The van der Waals surface area contributed by atoms with Gasteiger partial charge < -0.3 is 14.8 Å². The van der Waals surface area contributed by atoms with Gasteiger partial charge in [-0.2, -0.15) is 10.2 Å². The summed E-state index contributed by atoms with van der Waals surface area (Å²) in [5.74, 6) is 1.25. The average molecular weight is 489 g/mol. The molecule has 1 N–H and O–H groups in total. The molecular weight excluding hydrogens is 456 g/mol. The minimum Gasteiger partial charge on any atom is -0.490 e. The first kappa shape index (κ1) is 23.8. The van der Waals surface area contributed by atoms with Crippen LogP contribution in [0.25, 0.3) is 22.2 Å². The molecule has 1 saturated carbocycles. The number of aromatic nitrogens is 5. The maximum atomic E-state index is 12.1. The van der Waals surface area contributed by atoms with Crippen LogP contribution in [0.5, 0.6) is 5.75 Å². The molecule has 4 aromatic rings. The topological polar surface area (TPSA) is 96.1 Å². The highest BCUT2D eigenvalue weighted by Gasteiger charge is 2.27. The number of hydrogen-bond donors (Lipinski definition) is 1. The zero-order valence-electron chi connectivity index (χ0n) is 21.2. The number of carbonyl (C=O) groups excluding carboxylic acids is 1. The first-order valence-electron chi connectivity index (χ1n) is 12.4. The predicted molar refractivity (Wildman–Crippen MR) is 138 cm³/mol. The third-order valence-electron chi connectivity index (χ3n) is 6.90. The lowest BCUT2D eigenvalue weighted by Gasteiger charge is -2.30. The normalized spacial score (nSPS) is 17.8. The fourth-order valence-corrected chi connectivity index (χ4v) is 5.01. The van der Waals surface area contributed by atoms with Crippen LogP contribution in [-0.2, 0) is 11.8 Å². The van der Waals surface area contributed by atoms with Gasteiger partial charge in [0.05, 0.1) is 36.5 Å². The molecule has 9 nitrogen and oxygen atoms in total. The molecule has 1 aliphatic carbocycles. The number of methoxy groups -OCH3 is 1. The van der Waals surface area contributed by atoms with Crippen LogP contribution < -0.4 is 10.1 Å². The molecule has 0 atom stereocenters. The van der Waals surface area contributed by atoms with E-state index in [4.69, 9.17) is 14.6 Å². The van der Waals surface area contributed by atoms with Crippen molar-refractivity contribution in [1.29, 1.82) is 0 Å². The molecule has 9 heteroatoms. The van der Waals surface area contributed by atoms with Gasteiger partial charge in [-0.1, -0.05) is 6.07 Å². The molecule has 0 saturated heterocycles. The minimum absolute atomic E-state index is 0.0893. The van der Waals surface area contributed by atoms with Gasteiger partial charge in [-0.15, -0.1) is 0 Å². The quantitative estimate of drug-likeness (QED) is 0.369. The Hall–Kier alpha value is -3.88. The SMILES string of the molecule is CCNc1cc2c(cn1)c(-c1cnn(C)c1)nn2[C@H]1CC[C@@H](Oc2cccc(C(=O)OC)c2C)CC1. The van der Waals surface area contributed by atoms with Crippen molar-refractivity contribution in [3.63, 3.8) is 0 Å². The van der Waals surface area contributed by atoms with Crippen molar-refractivity contribution in [1.82, 2.24) is 24.5 Å². The molecule has 5 rings (SSSR count). The van der Waals surface area contributed by atoms with Gasteiger partial charge in [0.15, 0.2) is 0 Å². The lowest BCUT2D eigenvalue weighted by molar-refractivity contribution is 0.0598. The first-order chi connectivity index (χ1) is 17.5. The second-order valence-corrected chi connectivity index (χ2v) is 9.28. The predicted octanol–water partition coefficient (Wildman–Crippen LogP) is 4.92. The molecule has 1 fully saturated rings. The van der Waals surface area contributed by atoms with Crippen LogP contribution in [-0.4, -0.2) is 50.3 Å². The maximum absolute atomic E-state index is 12.1. The largest absolute Gasteiger partial charge is 0.490 e. The lowest BCUT2D eigenvalue weighted by Crippen LogP contribution is -2.26. The summed E-state index contributed by atoms with van der Waals surface area (Å²) in [6.07, 6.45) is 9.53. The highest BCUT2D eigenvalue weighted by atomic mass is 16.5. The smallest absolute Gasteiger partial charge is 0.338 e. The Balaban J connectivity index is 1.38. The monoisotopic (exact) mass is 488 g/mol. The fourth-order valence-electron chi connectivity index (χ4n) is 5.01. The zero-order valence-corrected chi connectivity index (χ0v) is 21.2. The number of anilines is 1. The number of benzene rings is 1. The minimum atomic E-state index is -0.344. The van der Waals surface area contributed by atoms with E-state index >= 15 is 0 Å². The van der Waals surface area contributed by atoms with Gasteiger partial charge in [0.25, 0.3) is 0 Å². The van der Waals surface area contributed by atoms with E-state index < -0.39 is 0 Å². The summed E-state index contributed by atoms with van der Waals surface area (Å²) in [5.41, 5.74) is 4.32. The van der Waals surface area contributed by atoms with Gasteiger partial charge in [0.2, 0.25) is 0 Å². The number of fused-ring (bicyclic) bond motifs is 1. The number of carbonyl (C=O) groups is 1. The summed E-state index contributed by atoms with van der Waals surface area (Å²) in [6.45, 7) is 4.77. The Morgan fingerprint density at radius 1 is 1.19 bits per heavy atom. The third kappa shape index (κ3) is 4.53. The van der Waals surface area contributed by atoms with Crippen molar-refractivity contribution in [3.8, 4) is 17.0 Å². The molecule has 0 radical (unpaired) electrons. The van der Waals surface area contributed by atoms with E-state index in [9.17, 15) is 4.79 Å². The molecular formula is C27H32N6O3. The standard InChI is InChI=1S/C27H32N6O3/c1-5-28-25-13-23-22(15-29-25)26(18-14-30-32(3)16-18)31-33(23)19-9-11-20(12-10-19)36-24-8-6-7-21(17(24)2)27(34)35-4/h6-8,13-16,19-20H,5,9-12H2,1-4H3,(H,28,29)/t19-,20+. The Labute approximate surface area is 210 Å². The molecule has 0 bridgehead atoms. The van der Waals surface area contributed by atoms with Crippen LogP contribution >= 0.6 is 0 Å². The molecule has 3 aromatic heterocycles. The van der Waals surface area contributed by atoms with Crippen molar-refractivity contribution >= 4 is 22.7 Å². The van der Waals surface area contributed by atoms with Gasteiger partial charge >= 0.3 is 5.97 Å². The van der Waals surface area contributed by atoms with E-state index in [1.54, 1.807) is 10.7 Å². The van der Waals surface area contributed by atoms with Gasteiger partial charge in [0.1, 0.15) is 17.3 Å². The van der Waals surface area contributed by atoms with Crippen LogP contribution in [0.4, 0.5) is 5.82 Å². The molecule has 0 spiro atoms. The summed E-state index contributed by atoms with van der Waals surface area (Å²) in [5, 5.41) is 13.7. The van der Waals surface area contributed by atoms with E-state index in [2.05, 4.69) is 33.1 Å². The average Bonchev–Trinajstić information content (AvgIpc) is 3.49. The number of pyridine rings is 1. The van der Waals surface area contributed by atoms with E-state index in [-0.39, 0.29) is 18.1 Å². The van der Waals surface area contributed by atoms with Gasteiger partial charge in [-0.25, -0.2) is 9.78 Å². The number of rotatable bonds is 7.